The minimum absolute atomic E-state index is 0.110. The highest BCUT2D eigenvalue weighted by atomic mass is 32.2. The number of ether oxygens (including phenoxy) is 3. The SMILES string of the molecule is COc1ccc(/C=N/NC(=O)CN2CCN(S(=O)(=O)c3ccc(C)cc3)CC2)c(OC)c1OC. The molecule has 0 bridgehead atoms. The second-order valence-electron chi connectivity index (χ2n) is 7.71. The summed E-state index contributed by atoms with van der Waals surface area (Å²) >= 11 is 0. The Morgan fingerprint density at radius 3 is 2.21 bits per heavy atom. The Morgan fingerprint density at radius 1 is 0.971 bits per heavy atom. The third kappa shape index (κ3) is 5.85. The van der Waals surface area contributed by atoms with E-state index in [0.717, 1.165) is 5.56 Å². The van der Waals surface area contributed by atoms with Crippen molar-refractivity contribution in [2.24, 2.45) is 5.10 Å². The maximum Gasteiger partial charge on any atom is 0.254 e. The molecule has 2 aromatic rings. The first-order chi connectivity index (χ1) is 16.3. The van der Waals surface area contributed by atoms with E-state index in [-0.39, 0.29) is 17.3 Å². The van der Waals surface area contributed by atoms with Crippen LogP contribution in [0.1, 0.15) is 11.1 Å². The number of carbonyl (C=O) groups excluding carboxylic acids is 1. The van der Waals surface area contributed by atoms with E-state index in [4.69, 9.17) is 14.2 Å². The number of aryl methyl sites for hydroxylation is 1. The molecule has 1 aliphatic rings. The highest BCUT2D eigenvalue weighted by Crippen LogP contribution is 2.38. The molecule has 34 heavy (non-hydrogen) atoms. The standard InChI is InChI=1S/C23H30N4O6S/c1-17-5-8-19(9-6-17)34(29,30)27-13-11-26(12-14-27)16-21(28)25-24-15-18-7-10-20(31-2)23(33-4)22(18)32-3/h5-10,15H,11-14,16H2,1-4H3,(H,25,28)/b24-15+. The molecule has 2 aromatic carbocycles. The van der Waals surface area contributed by atoms with E-state index in [9.17, 15) is 13.2 Å². The molecule has 10 nitrogen and oxygen atoms in total. The van der Waals surface area contributed by atoms with E-state index in [1.165, 1.54) is 31.8 Å². The molecule has 0 atom stereocenters. The Bertz CT molecular complexity index is 1130. The fourth-order valence-corrected chi connectivity index (χ4v) is 5.05. The first-order valence-electron chi connectivity index (χ1n) is 10.7. The topological polar surface area (TPSA) is 110 Å². The summed E-state index contributed by atoms with van der Waals surface area (Å²) in [7, 11) is 1.00. The summed E-state index contributed by atoms with van der Waals surface area (Å²) in [5.74, 6) is 1.08. The van der Waals surface area contributed by atoms with Gasteiger partial charge in [0.2, 0.25) is 15.8 Å². The van der Waals surface area contributed by atoms with Gasteiger partial charge in [-0.2, -0.15) is 9.41 Å². The number of nitrogens with one attached hydrogen (secondary N) is 1. The molecular formula is C23H30N4O6S. The summed E-state index contributed by atoms with van der Waals surface area (Å²) in [5, 5.41) is 4.01. The van der Waals surface area contributed by atoms with Gasteiger partial charge in [0.05, 0.1) is 39.0 Å². The molecule has 0 aromatic heterocycles. The monoisotopic (exact) mass is 490 g/mol. The van der Waals surface area contributed by atoms with Crippen LogP contribution in [0.5, 0.6) is 17.2 Å². The zero-order valence-corrected chi connectivity index (χ0v) is 20.6. The number of amides is 1. The van der Waals surface area contributed by atoms with Crippen LogP contribution >= 0.6 is 0 Å². The molecule has 1 fully saturated rings. The lowest BCUT2D eigenvalue weighted by atomic mass is 10.2. The predicted octanol–water partition coefficient (Wildman–Crippen LogP) is 1.48. The molecule has 0 radical (unpaired) electrons. The Hall–Kier alpha value is -3.15. The predicted molar refractivity (Wildman–Crippen MR) is 128 cm³/mol. The zero-order chi connectivity index (χ0) is 24.7. The maximum atomic E-state index is 12.8. The molecule has 1 N–H and O–H groups in total. The van der Waals surface area contributed by atoms with E-state index in [0.29, 0.717) is 49.0 Å². The molecule has 0 saturated carbocycles. The molecule has 184 valence electrons. The number of benzene rings is 2. The van der Waals surface area contributed by atoms with Crippen molar-refractivity contribution in [2.75, 3.05) is 54.1 Å². The van der Waals surface area contributed by atoms with Gasteiger partial charge in [-0.1, -0.05) is 17.7 Å². The molecule has 1 saturated heterocycles. The van der Waals surface area contributed by atoms with E-state index in [1.54, 1.807) is 36.4 Å². The van der Waals surface area contributed by atoms with Gasteiger partial charge in [0, 0.05) is 31.7 Å². The Kier molecular flexibility index (Phi) is 8.48. The number of piperazine rings is 1. The van der Waals surface area contributed by atoms with Crippen LogP contribution in [0.4, 0.5) is 0 Å². The van der Waals surface area contributed by atoms with Crippen LogP contribution in [0.3, 0.4) is 0 Å². The normalized spacial score (nSPS) is 15.3. The first kappa shape index (κ1) is 25.5. The molecule has 1 aliphatic heterocycles. The fraction of sp³-hybridized carbons (Fsp3) is 0.391. The second-order valence-corrected chi connectivity index (χ2v) is 9.65. The summed E-state index contributed by atoms with van der Waals surface area (Å²) < 4.78 is 43.1. The number of rotatable bonds is 9. The Balaban J connectivity index is 1.53. The van der Waals surface area contributed by atoms with Crippen LogP contribution in [0.15, 0.2) is 46.4 Å². The average molecular weight is 491 g/mol. The smallest absolute Gasteiger partial charge is 0.254 e. The third-order valence-corrected chi connectivity index (χ3v) is 7.40. The van der Waals surface area contributed by atoms with E-state index in [1.807, 2.05) is 11.8 Å². The molecule has 0 unspecified atom stereocenters. The van der Waals surface area contributed by atoms with Gasteiger partial charge in [-0.25, -0.2) is 13.8 Å². The average Bonchev–Trinajstić information content (AvgIpc) is 2.84. The van der Waals surface area contributed by atoms with Crippen molar-refractivity contribution in [3.63, 3.8) is 0 Å². The lowest BCUT2D eigenvalue weighted by Crippen LogP contribution is -2.50. The van der Waals surface area contributed by atoms with Crippen LogP contribution in [0, 0.1) is 6.92 Å². The van der Waals surface area contributed by atoms with Crippen molar-refractivity contribution in [1.82, 2.24) is 14.6 Å². The summed E-state index contributed by atoms with van der Waals surface area (Å²) in [5.41, 5.74) is 4.11. The number of hydrogen-bond donors (Lipinski definition) is 1. The maximum absolute atomic E-state index is 12.8. The lowest BCUT2D eigenvalue weighted by Gasteiger charge is -2.33. The Morgan fingerprint density at radius 2 is 1.62 bits per heavy atom. The van der Waals surface area contributed by atoms with Crippen LogP contribution in [-0.4, -0.2) is 83.8 Å². The van der Waals surface area contributed by atoms with Crippen molar-refractivity contribution in [3.05, 3.63) is 47.5 Å². The van der Waals surface area contributed by atoms with Gasteiger partial charge in [-0.15, -0.1) is 0 Å². The van der Waals surface area contributed by atoms with E-state index >= 15 is 0 Å². The summed E-state index contributed by atoms with van der Waals surface area (Å²) in [6, 6.07) is 10.3. The summed E-state index contributed by atoms with van der Waals surface area (Å²) in [4.78, 5) is 14.5. The van der Waals surface area contributed by atoms with Crippen LogP contribution in [0.2, 0.25) is 0 Å². The number of carbonyl (C=O) groups is 1. The van der Waals surface area contributed by atoms with E-state index < -0.39 is 10.0 Å². The highest BCUT2D eigenvalue weighted by Gasteiger charge is 2.29. The van der Waals surface area contributed by atoms with E-state index in [2.05, 4.69) is 10.5 Å². The summed E-state index contributed by atoms with van der Waals surface area (Å²) in [6.07, 6.45) is 1.46. The molecule has 11 heteroatoms. The van der Waals surface area contributed by atoms with Gasteiger partial charge >= 0.3 is 0 Å². The minimum atomic E-state index is -3.54. The second kappa shape index (κ2) is 11.3. The molecule has 3 rings (SSSR count). The van der Waals surface area contributed by atoms with Crippen molar-refractivity contribution in [2.45, 2.75) is 11.8 Å². The van der Waals surface area contributed by atoms with Gasteiger partial charge in [0.25, 0.3) is 5.91 Å². The van der Waals surface area contributed by atoms with Crippen molar-refractivity contribution >= 4 is 22.1 Å². The van der Waals surface area contributed by atoms with Crippen molar-refractivity contribution in [3.8, 4) is 17.2 Å². The minimum Gasteiger partial charge on any atom is -0.493 e. The third-order valence-electron chi connectivity index (χ3n) is 5.48. The van der Waals surface area contributed by atoms with Crippen LogP contribution < -0.4 is 19.6 Å². The molecule has 1 amide bonds. The molecule has 1 heterocycles. The first-order valence-corrected chi connectivity index (χ1v) is 12.1. The number of hydrogen-bond acceptors (Lipinski definition) is 8. The summed E-state index contributed by atoms with van der Waals surface area (Å²) in [6.45, 7) is 3.55. The fourth-order valence-electron chi connectivity index (χ4n) is 3.63. The van der Waals surface area contributed by atoms with Gasteiger partial charge in [0.15, 0.2) is 11.5 Å². The quantitative estimate of drug-likeness (QED) is 0.419. The Labute approximate surface area is 200 Å². The molecule has 0 spiro atoms. The van der Waals surface area contributed by atoms with Crippen molar-refractivity contribution in [1.29, 1.82) is 0 Å². The largest absolute Gasteiger partial charge is 0.493 e. The molecule has 0 aliphatic carbocycles. The zero-order valence-electron chi connectivity index (χ0n) is 19.8. The number of hydrazone groups is 1. The number of methoxy groups -OCH3 is 3. The van der Waals surface area contributed by atoms with Crippen LogP contribution in [-0.2, 0) is 14.8 Å². The van der Waals surface area contributed by atoms with Crippen LogP contribution in [0.25, 0.3) is 0 Å². The van der Waals surface area contributed by atoms with Crippen molar-refractivity contribution < 1.29 is 27.4 Å². The lowest BCUT2D eigenvalue weighted by molar-refractivity contribution is -0.122. The molecular weight excluding hydrogens is 460 g/mol. The van der Waals surface area contributed by atoms with Gasteiger partial charge in [-0.3, -0.25) is 9.69 Å². The number of nitrogens with zero attached hydrogens (tertiary/aromatic N) is 3. The van der Waals surface area contributed by atoms with Gasteiger partial charge in [0.1, 0.15) is 0 Å². The highest BCUT2D eigenvalue weighted by molar-refractivity contribution is 7.89. The number of sulfonamides is 1. The van der Waals surface area contributed by atoms with Gasteiger partial charge < -0.3 is 14.2 Å². The van der Waals surface area contributed by atoms with Gasteiger partial charge in [-0.05, 0) is 31.2 Å².